The minimum atomic E-state index is -0.661. The Kier molecular flexibility index (Phi) is 7.79. The Hall–Kier alpha value is -1.72. The summed E-state index contributed by atoms with van der Waals surface area (Å²) in [6, 6.07) is 9.39. The molecule has 1 saturated heterocycles. The molecule has 0 radical (unpaired) electrons. The average Bonchev–Trinajstić information content (AvgIpc) is 3.15. The zero-order chi connectivity index (χ0) is 19.1. The Morgan fingerprint density at radius 3 is 2.58 bits per heavy atom. The summed E-state index contributed by atoms with van der Waals surface area (Å²) in [5, 5.41) is 10.5. The number of rotatable bonds is 9. The number of methoxy groups -OCH3 is 1. The van der Waals surface area contributed by atoms with E-state index in [-0.39, 0.29) is 36.2 Å². The number of aliphatic hydroxyl groups is 1. The van der Waals surface area contributed by atoms with Crippen molar-refractivity contribution >= 4 is 11.7 Å². The molecular weight excluding hydrogens is 330 g/mol. The lowest BCUT2D eigenvalue weighted by atomic mass is 9.90. The van der Waals surface area contributed by atoms with Crippen LogP contribution in [-0.4, -0.2) is 47.5 Å². The van der Waals surface area contributed by atoms with Gasteiger partial charge in [0.05, 0.1) is 18.2 Å². The maximum absolute atomic E-state index is 12.6. The first-order valence-corrected chi connectivity index (χ1v) is 9.54. The number of Topliss-reactive ketones (excluding diaryl/α,β-unsaturated/α-hetero) is 1. The molecule has 1 aromatic carbocycles. The number of carbonyl (C=O) groups excluding carboxylic acids is 2. The number of nitrogens with zero attached hydrogens (tertiary/aromatic N) is 1. The van der Waals surface area contributed by atoms with Crippen LogP contribution < -0.4 is 0 Å². The molecule has 1 aliphatic rings. The molecule has 1 fully saturated rings. The third kappa shape index (κ3) is 5.15. The Bertz CT molecular complexity index is 589. The normalized spacial score (nSPS) is 20.6. The molecule has 0 bridgehead atoms. The van der Waals surface area contributed by atoms with E-state index in [4.69, 9.17) is 4.74 Å². The summed E-state index contributed by atoms with van der Waals surface area (Å²) >= 11 is 0. The lowest BCUT2D eigenvalue weighted by Gasteiger charge is -2.31. The highest BCUT2D eigenvalue weighted by Gasteiger charge is 2.35. The van der Waals surface area contributed by atoms with E-state index in [1.165, 1.54) is 0 Å². The Morgan fingerprint density at radius 2 is 1.96 bits per heavy atom. The second-order valence-electron chi connectivity index (χ2n) is 7.20. The second kappa shape index (κ2) is 9.83. The van der Waals surface area contributed by atoms with Gasteiger partial charge in [-0.1, -0.05) is 44.2 Å². The van der Waals surface area contributed by atoms with Crippen molar-refractivity contribution in [3.63, 3.8) is 0 Å². The van der Waals surface area contributed by atoms with E-state index in [1.807, 2.05) is 49.1 Å². The highest BCUT2D eigenvalue weighted by Crippen LogP contribution is 2.28. The largest absolute Gasteiger partial charge is 0.388 e. The first-order valence-electron chi connectivity index (χ1n) is 9.54. The minimum Gasteiger partial charge on any atom is -0.388 e. The van der Waals surface area contributed by atoms with E-state index < -0.39 is 6.10 Å². The SMILES string of the molecule is CCC(=O)N1CCC[C@H]1[C@@H](CC(=O)C[C@H](C)[C@@H](O)c1ccccc1)OC. The molecule has 2 rings (SSSR count). The molecule has 0 unspecified atom stereocenters. The van der Waals surface area contributed by atoms with Gasteiger partial charge in [0.15, 0.2) is 0 Å². The van der Waals surface area contributed by atoms with E-state index in [0.29, 0.717) is 12.8 Å². The van der Waals surface area contributed by atoms with Crippen LogP contribution in [0, 0.1) is 5.92 Å². The zero-order valence-electron chi connectivity index (χ0n) is 16.1. The molecule has 1 aliphatic heterocycles. The molecule has 1 aromatic rings. The van der Waals surface area contributed by atoms with E-state index in [0.717, 1.165) is 24.9 Å². The fourth-order valence-corrected chi connectivity index (χ4v) is 3.83. The highest BCUT2D eigenvalue weighted by molar-refractivity contribution is 5.80. The molecule has 5 heteroatoms. The minimum absolute atomic E-state index is 0.0225. The third-order valence-electron chi connectivity index (χ3n) is 5.31. The van der Waals surface area contributed by atoms with Crippen molar-refractivity contribution in [1.29, 1.82) is 0 Å². The third-order valence-corrected chi connectivity index (χ3v) is 5.31. The summed E-state index contributed by atoms with van der Waals surface area (Å²) in [6.07, 6.45) is 1.94. The van der Waals surface area contributed by atoms with Crippen molar-refractivity contribution in [1.82, 2.24) is 4.90 Å². The Balaban J connectivity index is 1.93. The molecule has 0 spiro atoms. The number of likely N-dealkylation sites (tertiary alicyclic amines) is 1. The summed E-state index contributed by atoms with van der Waals surface area (Å²) in [6.45, 7) is 4.49. The predicted molar refractivity (Wildman–Crippen MR) is 101 cm³/mol. The molecule has 1 heterocycles. The van der Waals surface area contributed by atoms with Gasteiger partial charge in [0.25, 0.3) is 0 Å². The first kappa shape index (κ1) is 20.6. The van der Waals surface area contributed by atoms with Crippen LogP contribution in [0.3, 0.4) is 0 Å². The van der Waals surface area contributed by atoms with Crippen LogP contribution in [0.4, 0.5) is 0 Å². The van der Waals surface area contributed by atoms with E-state index >= 15 is 0 Å². The van der Waals surface area contributed by atoms with Gasteiger partial charge in [-0.05, 0) is 24.3 Å². The van der Waals surface area contributed by atoms with Crippen molar-refractivity contribution in [3.05, 3.63) is 35.9 Å². The van der Waals surface area contributed by atoms with Crippen LogP contribution in [0.1, 0.15) is 57.6 Å². The van der Waals surface area contributed by atoms with Crippen molar-refractivity contribution < 1.29 is 19.4 Å². The number of benzene rings is 1. The van der Waals surface area contributed by atoms with Gasteiger partial charge in [-0.2, -0.15) is 0 Å². The van der Waals surface area contributed by atoms with Gasteiger partial charge in [-0.15, -0.1) is 0 Å². The first-order chi connectivity index (χ1) is 12.5. The Labute approximate surface area is 156 Å². The van der Waals surface area contributed by atoms with Crippen molar-refractivity contribution in [3.8, 4) is 0 Å². The number of ether oxygens (including phenoxy) is 1. The van der Waals surface area contributed by atoms with Gasteiger partial charge in [-0.25, -0.2) is 0 Å². The summed E-state index contributed by atoms with van der Waals surface area (Å²) < 4.78 is 5.58. The topological polar surface area (TPSA) is 66.8 Å². The number of ketones is 1. The zero-order valence-corrected chi connectivity index (χ0v) is 16.1. The standard InChI is InChI=1S/C21H31NO4/c1-4-20(24)22-12-8-11-18(22)19(26-3)14-17(23)13-15(2)21(25)16-9-6-5-7-10-16/h5-7,9-10,15,18-19,21,25H,4,8,11-14H2,1-3H3/t15-,18-,19+,21+/m0/s1. The number of amides is 1. The molecular formula is C21H31NO4. The predicted octanol–water partition coefficient (Wildman–Crippen LogP) is 3.12. The van der Waals surface area contributed by atoms with Crippen molar-refractivity contribution in [2.75, 3.05) is 13.7 Å². The fourth-order valence-electron chi connectivity index (χ4n) is 3.83. The molecule has 0 saturated carbocycles. The van der Waals surface area contributed by atoms with Gasteiger partial charge in [0.2, 0.25) is 5.91 Å². The van der Waals surface area contributed by atoms with E-state index in [2.05, 4.69) is 0 Å². The van der Waals surface area contributed by atoms with Crippen LogP contribution >= 0.6 is 0 Å². The van der Waals surface area contributed by atoms with E-state index in [9.17, 15) is 14.7 Å². The second-order valence-corrected chi connectivity index (χ2v) is 7.20. The summed E-state index contributed by atoms with van der Waals surface area (Å²) in [7, 11) is 1.60. The quantitative estimate of drug-likeness (QED) is 0.734. The maximum atomic E-state index is 12.6. The summed E-state index contributed by atoms with van der Waals surface area (Å²) in [5.41, 5.74) is 0.826. The smallest absolute Gasteiger partial charge is 0.222 e. The van der Waals surface area contributed by atoms with Crippen LogP contribution in [0.15, 0.2) is 30.3 Å². The molecule has 1 N–H and O–H groups in total. The maximum Gasteiger partial charge on any atom is 0.222 e. The number of carbonyl (C=O) groups is 2. The van der Waals surface area contributed by atoms with Crippen molar-refractivity contribution in [2.45, 2.75) is 64.2 Å². The molecule has 0 aliphatic carbocycles. The lowest BCUT2D eigenvalue weighted by molar-refractivity contribution is -0.136. The van der Waals surface area contributed by atoms with E-state index in [1.54, 1.807) is 7.11 Å². The van der Waals surface area contributed by atoms with Gasteiger partial charge < -0.3 is 14.7 Å². The van der Waals surface area contributed by atoms with Gasteiger partial charge in [0, 0.05) is 32.9 Å². The molecule has 1 amide bonds. The van der Waals surface area contributed by atoms with Gasteiger partial charge in [0.1, 0.15) is 5.78 Å². The van der Waals surface area contributed by atoms with Gasteiger partial charge in [-0.3, -0.25) is 9.59 Å². The van der Waals surface area contributed by atoms with Crippen LogP contribution in [0.2, 0.25) is 0 Å². The number of hydrogen-bond donors (Lipinski definition) is 1. The van der Waals surface area contributed by atoms with Crippen LogP contribution in [-0.2, 0) is 14.3 Å². The van der Waals surface area contributed by atoms with Crippen molar-refractivity contribution in [2.24, 2.45) is 5.92 Å². The summed E-state index contributed by atoms with van der Waals surface area (Å²) in [4.78, 5) is 26.5. The highest BCUT2D eigenvalue weighted by atomic mass is 16.5. The fraction of sp³-hybridized carbons (Fsp3) is 0.619. The summed E-state index contributed by atoms with van der Waals surface area (Å²) in [5.74, 6) is 0.0179. The number of hydrogen-bond acceptors (Lipinski definition) is 4. The Morgan fingerprint density at radius 1 is 1.27 bits per heavy atom. The monoisotopic (exact) mass is 361 g/mol. The molecule has 5 nitrogen and oxygen atoms in total. The number of aliphatic hydroxyl groups excluding tert-OH is 1. The molecule has 0 aromatic heterocycles. The van der Waals surface area contributed by atoms with Gasteiger partial charge >= 0.3 is 0 Å². The average molecular weight is 361 g/mol. The molecule has 26 heavy (non-hydrogen) atoms. The van der Waals surface area contributed by atoms with Crippen LogP contribution in [0.25, 0.3) is 0 Å². The lowest BCUT2D eigenvalue weighted by Crippen LogP contribution is -2.44. The molecule has 144 valence electrons. The molecule has 4 atom stereocenters. The van der Waals surface area contributed by atoms with Crippen LogP contribution in [0.5, 0.6) is 0 Å².